The average molecular weight is 260 g/mol. The third-order valence-corrected chi connectivity index (χ3v) is 1.90. The van der Waals surface area contributed by atoms with Gasteiger partial charge in [0.2, 0.25) is 0 Å². The zero-order chi connectivity index (χ0) is 12.9. The molecule has 0 bridgehead atoms. The summed E-state index contributed by atoms with van der Waals surface area (Å²) in [5.41, 5.74) is 0. The summed E-state index contributed by atoms with van der Waals surface area (Å²) >= 11 is 0. The molecule has 0 radical (unpaired) electrons. The Labute approximate surface area is 90.1 Å². The minimum Gasteiger partial charge on any atom is -0.506 e. The SMILES string of the molecule is O=P(O)(O)O/C=C(\O)[C@@H](O)[C@H](O)[C@H](O)CO. The van der Waals surface area contributed by atoms with Crippen molar-refractivity contribution in [1.29, 1.82) is 0 Å². The van der Waals surface area contributed by atoms with E-state index in [-0.39, 0.29) is 6.26 Å². The highest BCUT2D eigenvalue weighted by Crippen LogP contribution is 2.36. The van der Waals surface area contributed by atoms with Crippen LogP contribution in [0.2, 0.25) is 0 Å². The molecule has 9 nitrogen and oxygen atoms in total. The van der Waals surface area contributed by atoms with Crippen LogP contribution >= 0.6 is 7.82 Å². The first-order valence-corrected chi connectivity index (χ1v) is 5.50. The number of aliphatic hydroxyl groups is 5. The topological polar surface area (TPSA) is 168 Å². The van der Waals surface area contributed by atoms with Gasteiger partial charge >= 0.3 is 7.82 Å². The molecule has 0 aliphatic rings. The molecule has 0 fully saturated rings. The van der Waals surface area contributed by atoms with E-state index in [0.717, 1.165) is 0 Å². The molecule has 10 heteroatoms. The van der Waals surface area contributed by atoms with Crippen LogP contribution in [-0.4, -0.2) is 60.2 Å². The average Bonchev–Trinajstić information content (AvgIpc) is 2.21. The van der Waals surface area contributed by atoms with Gasteiger partial charge in [-0.3, -0.25) is 9.79 Å². The summed E-state index contributed by atoms with van der Waals surface area (Å²) in [6, 6.07) is 0. The number of aliphatic hydroxyl groups excluding tert-OH is 5. The van der Waals surface area contributed by atoms with Gasteiger partial charge in [0.1, 0.15) is 24.6 Å². The van der Waals surface area contributed by atoms with E-state index in [1.54, 1.807) is 0 Å². The summed E-state index contributed by atoms with van der Waals surface area (Å²) in [6.45, 7) is -0.870. The maximum atomic E-state index is 10.2. The van der Waals surface area contributed by atoms with Crippen LogP contribution in [0.4, 0.5) is 0 Å². The van der Waals surface area contributed by atoms with E-state index in [9.17, 15) is 4.57 Å². The second-order valence-electron chi connectivity index (χ2n) is 2.82. The normalized spacial score (nSPS) is 19.0. The molecule has 96 valence electrons. The molecule has 0 aliphatic carbocycles. The lowest BCUT2D eigenvalue weighted by atomic mass is 10.1. The van der Waals surface area contributed by atoms with E-state index in [2.05, 4.69) is 4.52 Å². The third kappa shape index (κ3) is 5.42. The molecule has 0 rings (SSSR count). The van der Waals surface area contributed by atoms with E-state index in [1.807, 2.05) is 0 Å². The summed E-state index contributed by atoms with van der Waals surface area (Å²) in [4.78, 5) is 16.5. The molecular weight excluding hydrogens is 247 g/mol. The fraction of sp³-hybridized carbons (Fsp3) is 0.667. The van der Waals surface area contributed by atoms with Crippen LogP contribution in [0.5, 0.6) is 0 Å². The molecule has 3 atom stereocenters. The fourth-order valence-electron chi connectivity index (χ4n) is 0.686. The van der Waals surface area contributed by atoms with Gasteiger partial charge in [0, 0.05) is 0 Å². The third-order valence-electron chi connectivity index (χ3n) is 1.52. The quantitative estimate of drug-likeness (QED) is 0.203. The Hall–Kier alpha value is -0.670. The van der Waals surface area contributed by atoms with E-state index in [1.165, 1.54) is 0 Å². The molecule has 0 aromatic heterocycles. The van der Waals surface area contributed by atoms with E-state index in [0.29, 0.717) is 0 Å². The molecule has 0 aromatic rings. The second kappa shape index (κ2) is 6.16. The van der Waals surface area contributed by atoms with E-state index < -0.39 is 38.5 Å². The van der Waals surface area contributed by atoms with Gasteiger partial charge in [-0.15, -0.1) is 0 Å². The lowest BCUT2D eigenvalue weighted by Gasteiger charge is -2.20. The van der Waals surface area contributed by atoms with Crippen LogP contribution in [0, 0.1) is 0 Å². The number of phosphoric acid groups is 1. The zero-order valence-corrected chi connectivity index (χ0v) is 8.81. The Bertz CT molecular complexity index is 284. The molecule has 0 unspecified atom stereocenters. The Morgan fingerprint density at radius 1 is 1.31 bits per heavy atom. The van der Waals surface area contributed by atoms with Gasteiger partial charge in [-0.25, -0.2) is 4.57 Å². The van der Waals surface area contributed by atoms with Crippen molar-refractivity contribution >= 4 is 7.82 Å². The number of rotatable bonds is 6. The van der Waals surface area contributed by atoms with Crippen LogP contribution in [0.1, 0.15) is 0 Å². The Morgan fingerprint density at radius 3 is 2.19 bits per heavy atom. The summed E-state index contributed by atoms with van der Waals surface area (Å²) in [5.74, 6) is -1.11. The zero-order valence-electron chi connectivity index (χ0n) is 7.91. The summed E-state index contributed by atoms with van der Waals surface area (Å²) < 4.78 is 13.9. The van der Waals surface area contributed by atoms with Crippen LogP contribution in [-0.2, 0) is 9.09 Å². The Kier molecular flexibility index (Phi) is 5.90. The number of hydrogen-bond donors (Lipinski definition) is 7. The first kappa shape index (κ1) is 15.3. The van der Waals surface area contributed by atoms with Crippen LogP contribution in [0.25, 0.3) is 0 Å². The molecule has 0 aliphatic heterocycles. The van der Waals surface area contributed by atoms with Gasteiger partial charge in [-0.2, -0.15) is 0 Å². The summed E-state index contributed by atoms with van der Waals surface area (Å²) in [6.07, 6.45) is -5.56. The fourth-order valence-corrected chi connectivity index (χ4v) is 0.931. The molecule has 0 spiro atoms. The van der Waals surface area contributed by atoms with Crippen LogP contribution < -0.4 is 0 Å². The van der Waals surface area contributed by atoms with Crippen molar-refractivity contribution < 1.29 is 44.4 Å². The summed E-state index contributed by atoms with van der Waals surface area (Å²) in [5, 5.41) is 44.5. The van der Waals surface area contributed by atoms with Gasteiger partial charge in [-0.1, -0.05) is 0 Å². The monoisotopic (exact) mass is 260 g/mol. The first-order chi connectivity index (χ1) is 7.19. The minimum absolute atomic E-state index is 0.138. The highest BCUT2D eigenvalue weighted by atomic mass is 31.2. The molecule has 0 aromatic carbocycles. The van der Waals surface area contributed by atoms with Crippen LogP contribution in [0.3, 0.4) is 0 Å². The van der Waals surface area contributed by atoms with E-state index in [4.69, 9.17) is 35.3 Å². The van der Waals surface area contributed by atoms with Crippen molar-refractivity contribution in [3.63, 3.8) is 0 Å². The largest absolute Gasteiger partial charge is 0.524 e. The minimum atomic E-state index is -4.86. The van der Waals surface area contributed by atoms with Crippen molar-refractivity contribution in [1.82, 2.24) is 0 Å². The molecule has 0 amide bonds. The predicted molar refractivity (Wildman–Crippen MR) is 48.9 cm³/mol. The molecule has 0 heterocycles. The van der Waals surface area contributed by atoms with Crippen molar-refractivity contribution in [3.05, 3.63) is 12.0 Å². The highest BCUT2D eigenvalue weighted by molar-refractivity contribution is 7.46. The van der Waals surface area contributed by atoms with Gasteiger partial charge in [0.15, 0.2) is 5.76 Å². The lowest BCUT2D eigenvalue weighted by Crippen LogP contribution is -2.40. The van der Waals surface area contributed by atoms with Crippen molar-refractivity contribution in [2.24, 2.45) is 0 Å². The maximum absolute atomic E-state index is 10.2. The Balaban J connectivity index is 4.48. The number of hydrogen-bond acceptors (Lipinski definition) is 7. The van der Waals surface area contributed by atoms with Gasteiger partial charge in [0.05, 0.1) is 6.61 Å². The molecule has 0 saturated carbocycles. The number of phosphoric ester groups is 1. The molecule has 7 N–H and O–H groups in total. The van der Waals surface area contributed by atoms with Crippen molar-refractivity contribution in [2.75, 3.05) is 6.61 Å². The lowest BCUT2D eigenvalue weighted by molar-refractivity contribution is -0.0750. The maximum Gasteiger partial charge on any atom is 0.524 e. The highest BCUT2D eigenvalue weighted by Gasteiger charge is 2.28. The van der Waals surface area contributed by atoms with Gasteiger partial charge in [-0.05, 0) is 0 Å². The van der Waals surface area contributed by atoms with E-state index >= 15 is 0 Å². The molecule has 0 saturated heterocycles. The predicted octanol–water partition coefficient (Wildman–Crippen LogP) is -2.43. The smallest absolute Gasteiger partial charge is 0.506 e. The summed E-state index contributed by atoms with van der Waals surface area (Å²) in [7, 11) is -4.86. The molecular formula is C6H13O9P. The van der Waals surface area contributed by atoms with Gasteiger partial charge in [0.25, 0.3) is 0 Å². The second-order valence-corrected chi connectivity index (χ2v) is 4.02. The van der Waals surface area contributed by atoms with Crippen molar-refractivity contribution in [3.8, 4) is 0 Å². The molecule has 16 heavy (non-hydrogen) atoms. The standard InChI is InChI=1S/C6H13O9P/c7-1-3(8)5(10)6(11)4(9)2-15-16(12,13)14/h2-3,5-11H,1H2,(H2,12,13,14)/b4-2-/t3-,5-,6-/m1/s1. The Morgan fingerprint density at radius 2 is 1.81 bits per heavy atom. The van der Waals surface area contributed by atoms with Crippen molar-refractivity contribution in [2.45, 2.75) is 18.3 Å². The first-order valence-electron chi connectivity index (χ1n) is 3.97. The van der Waals surface area contributed by atoms with Gasteiger partial charge < -0.3 is 30.1 Å². The van der Waals surface area contributed by atoms with Crippen LogP contribution in [0.15, 0.2) is 12.0 Å².